The second-order valence-electron chi connectivity index (χ2n) is 9.16. The minimum absolute atomic E-state index is 0.199. The van der Waals surface area contributed by atoms with Crippen LogP contribution in [0.1, 0.15) is 28.4 Å². The molecule has 1 N–H and O–H groups in total. The third-order valence-electron chi connectivity index (χ3n) is 6.83. The predicted molar refractivity (Wildman–Crippen MR) is 155 cm³/mol. The number of rotatable bonds is 7. The molecule has 0 saturated carbocycles. The summed E-state index contributed by atoms with van der Waals surface area (Å²) in [4.78, 5) is 17.5. The van der Waals surface area contributed by atoms with Crippen molar-refractivity contribution in [2.24, 2.45) is 0 Å². The van der Waals surface area contributed by atoms with E-state index in [9.17, 15) is 9.90 Å². The van der Waals surface area contributed by atoms with Crippen LogP contribution in [-0.4, -0.2) is 16.1 Å². The Hall–Kier alpha value is -4.48. The average molecular weight is 516 g/mol. The highest BCUT2D eigenvalue weighted by atomic mass is 32.1. The van der Waals surface area contributed by atoms with Crippen LogP contribution >= 0.6 is 11.3 Å². The molecule has 0 spiro atoms. The Bertz CT molecular complexity index is 1770. The van der Waals surface area contributed by atoms with Crippen LogP contribution in [0.2, 0.25) is 0 Å². The molecule has 2 aromatic heterocycles. The summed E-state index contributed by atoms with van der Waals surface area (Å²) in [7, 11) is 0. The summed E-state index contributed by atoms with van der Waals surface area (Å²) in [6, 6.07) is 32.1. The fourth-order valence-electron chi connectivity index (χ4n) is 4.84. The van der Waals surface area contributed by atoms with E-state index < -0.39 is 5.97 Å². The third-order valence-corrected chi connectivity index (χ3v) is 7.79. The molecule has 0 atom stereocenters. The van der Waals surface area contributed by atoms with Crippen molar-refractivity contribution in [2.45, 2.75) is 20.0 Å². The molecule has 0 amide bonds. The highest BCUT2D eigenvalue weighted by Crippen LogP contribution is 2.38. The van der Waals surface area contributed by atoms with Crippen LogP contribution < -0.4 is 4.74 Å². The van der Waals surface area contributed by atoms with Gasteiger partial charge in [-0.05, 0) is 46.9 Å². The van der Waals surface area contributed by atoms with Gasteiger partial charge < -0.3 is 9.84 Å². The number of aromatic nitrogens is 1. The second-order valence-corrected chi connectivity index (χ2v) is 10.1. The van der Waals surface area contributed by atoms with Crippen LogP contribution in [0.5, 0.6) is 5.75 Å². The van der Waals surface area contributed by atoms with Crippen molar-refractivity contribution in [2.75, 3.05) is 0 Å². The molecule has 0 radical (unpaired) electrons. The third kappa shape index (κ3) is 4.42. The second kappa shape index (κ2) is 10.1. The Morgan fingerprint density at radius 2 is 1.63 bits per heavy atom. The van der Waals surface area contributed by atoms with Crippen molar-refractivity contribution >= 4 is 38.3 Å². The molecule has 0 fully saturated rings. The summed E-state index contributed by atoms with van der Waals surface area (Å²) in [5.41, 5.74) is 6.77. The van der Waals surface area contributed by atoms with Gasteiger partial charge in [-0.15, -0.1) is 11.3 Å². The van der Waals surface area contributed by atoms with E-state index in [0.29, 0.717) is 29.0 Å². The van der Waals surface area contributed by atoms with Crippen LogP contribution in [0.25, 0.3) is 43.4 Å². The van der Waals surface area contributed by atoms with E-state index in [1.165, 1.54) is 0 Å². The number of carboxylic acids is 1. The Labute approximate surface area is 224 Å². The van der Waals surface area contributed by atoms with E-state index in [2.05, 4.69) is 48.7 Å². The molecule has 0 aliphatic rings. The smallest absolute Gasteiger partial charge is 0.336 e. The van der Waals surface area contributed by atoms with Crippen molar-refractivity contribution in [3.63, 3.8) is 0 Å². The van der Waals surface area contributed by atoms with Gasteiger partial charge in [0.15, 0.2) is 0 Å². The lowest BCUT2D eigenvalue weighted by atomic mass is 9.99. The quantitative estimate of drug-likeness (QED) is 0.231. The fraction of sp³-hybridized carbons (Fsp3) is 0.0909. The van der Waals surface area contributed by atoms with Gasteiger partial charge >= 0.3 is 5.97 Å². The molecular formula is C33H25NO3S. The highest BCUT2D eigenvalue weighted by molar-refractivity contribution is 7.17. The minimum Gasteiger partial charge on any atom is -0.488 e. The van der Waals surface area contributed by atoms with E-state index in [1.54, 1.807) is 17.4 Å². The summed E-state index contributed by atoms with van der Waals surface area (Å²) >= 11 is 1.63. The standard InChI is InChI=1S/C33H25NO3S/c1-2-22-16-17-29(37-19-21-12-14-24(15-13-21)23-8-4-3-5-9-23)31-26(33(35)36)18-28(34-32(22)31)27-20-38-30-11-7-6-10-25(27)30/h3-18,20H,2,19H2,1H3,(H,35,36). The van der Waals surface area contributed by atoms with Gasteiger partial charge in [0, 0.05) is 21.0 Å². The lowest BCUT2D eigenvalue weighted by molar-refractivity contribution is 0.0698. The first-order valence-electron chi connectivity index (χ1n) is 12.6. The van der Waals surface area contributed by atoms with Crippen molar-refractivity contribution in [3.8, 4) is 28.1 Å². The number of carbonyl (C=O) groups is 1. The van der Waals surface area contributed by atoms with Crippen molar-refractivity contribution < 1.29 is 14.6 Å². The first-order valence-corrected chi connectivity index (χ1v) is 13.4. The zero-order valence-corrected chi connectivity index (χ0v) is 21.7. The maximum atomic E-state index is 12.5. The number of hydrogen-bond acceptors (Lipinski definition) is 4. The van der Waals surface area contributed by atoms with E-state index in [0.717, 1.165) is 44.3 Å². The lowest BCUT2D eigenvalue weighted by Crippen LogP contribution is -2.05. The maximum absolute atomic E-state index is 12.5. The zero-order chi connectivity index (χ0) is 26.1. The number of carboxylic acid groups (broad SMARTS) is 1. The molecule has 38 heavy (non-hydrogen) atoms. The molecule has 186 valence electrons. The molecular weight excluding hydrogens is 490 g/mol. The number of nitrogens with zero attached hydrogens (tertiary/aromatic N) is 1. The van der Waals surface area contributed by atoms with Crippen LogP contribution in [-0.2, 0) is 13.0 Å². The molecule has 0 bridgehead atoms. The van der Waals surface area contributed by atoms with Crippen molar-refractivity contribution in [3.05, 3.63) is 119 Å². The predicted octanol–water partition coefficient (Wildman–Crippen LogP) is 8.62. The van der Waals surface area contributed by atoms with Gasteiger partial charge in [0.25, 0.3) is 0 Å². The molecule has 0 saturated heterocycles. The van der Waals surface area contributed by atoms with Crippen molar-refractivity contribution in [1.29, 1.82) is 0 Å². The molecule has 4 aromatic carbocycles. The van der Waals surface area contributed by atoms with Crippen LogP contribution in [0.15, 0.2) is 102 Å². The number of ether oxygens (including phenoxy) is 1. The Morgan fingerprint density at radius 3 is 2.39 bits per heavy atom. The maximum Gasteiger partial charge on any atom is 0.336 e. The van der Waals surface area contributed by atoms with Gasteiger partial charge in [0.2, 0.25) is 0 Å². The Kier molecular flexibility index (Phi) is 6.36. The summed E-state index contributed by atoms with van der Waals surface area (Å²) in [5.74, 6) is -0.473. The topological polar surface area (TPSA) is 59.4 Å². The summed E-state index contributed by atoms with van der Waals surface area (Å²) < 4.78 is 7.39. The number of thiophene rings is 1. The van der Waals surface area contributed by atoms with Gasteiger partial charge in [0.05, 0.1) is 22.2 Å². The first kappa shape index (κ1) is 23.9. The molecule has 4 nitrogen and oxygen atoms in total. The summed E-state index contributed by atoms with van der Waals surface area (Å²) in [6.45, 7) is 2.38. The zero-order valence-electron chi connectivity index (χ0n) is 20.8. The summed E-state index contributed by atoms with van der Waals surface area (Å²) in [5, 5.41) is 13.9. The van der Waals surface area contributed by atoms with E-state index >= 15 is 0 Å². The van der Waals surface area contributed by atoms with Gasteiger partial charge in [-0.25, -0.2) is 9.78 Å². The normalized spacial score (nSPS) is 11.2. The van der Waals surface area contributed by atoms with Crippen LogP contribution in [0.4, 0.5) is 0 Å². The van der Waals surface area contributed by atoms with Gasteiger partial charge in [-0.3, -0.25) is 0 Å². The SMILES string of the molecule is CCc1ccc(OCc2ccc(-c3ccccc3)cc2)c2c(C(=O)O)cc(-c3csc4ccccc34)nc12. The lowest BCUT2D eigenvalue weighted by Gasteiger charge is -2.15. The Morgan fingerprint density at radius 1 is 0.895 bits per heavy atom. The molecule has 6 aromatic rings. The molecule has 0 aliphatic carbocycles. The van der Waals surface area contributed by atoms with Crippen LogP contribution in [0, 0.1) is 0 Å². The van der Waals surface area contributed by atoms with E-state index in [4.69, 9.17) is 9.72 Å². The molecule has 0 aliphatic heterocycles. The van der Waals surface area contributed by atoms with E-state index in [-0.39, 0.29) is 5.56 Å². The fourth-order valence-corrected chi connectivity index (χ4v) is 5.79. The van der Waals surface area contributed by atoms with Gasteiger partial charge in [-0.2, -0.15) is 0 Å². The van der Waals surface area contributed by atoms with Gasteiger partial charge in [0.1, 0.15) is 12.4 Å². The van der Waals surface area contributed by atoms with Gasteiger partial charge in [-0.1, -0.05) is 85.8 Å². The monoisotopic (exact) mass is 515 g/mol. The first-order chi connectivity index (χ1) is 18.6. The highest BCUT2D eigenvalue weighted by Gasteiger charge is 2.20. The molecule has 6 rings (SSSR count). The summed E-state index contributed by atoms with van der Waals surface area (Å²) in [6.07, 6.45) is 0.734. The number of hydrogen-bond donors (Lipinski definition) is 1. The number of fused-ring (bicyclic) bond motifs is 2. The number of benzene rings is 4. The molecule has 2 heterocycles. The number of pyridine rings is 1. The van der Waals surface area contributed by atoms with E-state index in [1.807, 2.05) is 54.6 Å². The number of aryl methyl sites for hydroxylation is 1. The van der Waals surface area contributed by atoms with Crippen LogP contribution in [0.3, 0.4) is 0 Å². The average Bonchev–Trinajstić information content (AvgIpc) is 3.40. The minimum atomic E-state index is -0.997. The molecule has 5 heteroatoms. The molecule has 0 unspecified atom stereocenters. The number of aromatic carboxylic acids is 1. The van der Waals surface area contributed by atoms with Crippen molar-refractivity contribution in [1.82, 2.24) is 4.98 Å². The Balaban J connectivity index is 1.39. The largest absolute Gasteiger partial charge is 0.488 e.